The molecule has 0 spiro atoms. The smallest absolute Gasteiger partial charge is 0.269 e. The van der Waals surface area contributed by atoms with Crippen LogP contribution in [0.15, 0.2) is 47.6 Å². The van der Waals surface area contributed by atoms with Crippen LogP contribution < -0.4 is 14.9 Å². The lowest BCUT2D eigenvalue weighted by Gasteiger charge is -2.17. The molecule has 0 aliphatic carbocycles. The van der Waals surface area contributed by atoms with Crippen molar-refractivity contribution in [2.45, 2.75) is 26.4 Å². The van der Waals surface area contributed by atoms with Gasteiger partial charge in [0.25, 0.3) is 5.69 Å². The lowest BCUT2D eigenvalue weighted by molar-refractivity contribution is -0.384. The van der Waals surface area contributed by atoms with E-state index in [1.807, 2.05) is 32.0 Å². The molecule has 0 radical (unpaired) electrons. The molecule has 0 fully saturated rings. The molecule has 0 saturated heterocycles. The minimum absolute atomic E-state index is 0.0339. The second kappa shape index (κ2) is 8.68. The summed E-state index contributed by atoms with van der Waals surface area (Å²) in [6.45, 7) is 4.03. The van der Waals surface area contributed by atoms with Crippen LogP contribution in [0.3, 0.4) is 0 Å². The van der Waals surface area contributed by atoms with Gasteiger partial charge in [-0.3, -0.25) is 15.5 Å². The number of hydrogen-bond acceptors (Lipinski definition) is 6. The van der Waals surface area contributed by atoms with E-state index in [0.717, 1.165) is 12.0 Å². The molecular formula is C18H21N3O4. The summed E-state index contributed by atoms with van der Waals surface area (Å²) in [5.74, 6) is 1.27. The number of anilines is 1. The fourth-order valence-corrected chi connectivity index (χ4v) is 2.04. The fourth-order valence-electron chi connectivity index (χ4n) is 2.04. The van der Waals surface area contributed by atoms with Gasteiger partial charge < -0.3 is 9.47 Å². The van der Waals surface area contributed by atoms with Gasteiger partial charge in [-0.1, -0.05) is 13.0 Å². The molecule has 25 heavy (non-hydrogen) atoms. The Balaban J connectivity index is 2.15. The van der Waals surface area contributed by atoms with Gasteiger partial charge in [0, 0.05) is 17.7 Å². The molecule has 0 aliphatic heterocycles. The molecule has 1 atom stereocenters. The first-order valence-electron chi connectivity index (χ1n) is 7.92. The van der Waals surface area contributed by atoms with Crippen molar-refractivity contribution in [2.75, 3.05) is 12.5 Å². The maximum absolute atomic E-state index is 10.7. The predicted molar refractivity (Wildman–Crippen MR) is 97.7 cm³/mol. The van der Waals surface area contributed by atoms with Crippen molar-refractivity contribution < 1.29 is 14.4 Å². The Hall–Kier alpha value is -3.09. The molecule has 132 valence electrons. The third-order valence-corrected chi connectivity index (χ3v) is 3.60. The van der Waals surface area contributed by atoms with Crippen LogP contribution in [0.5, 0.6) is 11.5 Å². The third-order valence-electron chi connectivity index (χ3n) is 3.60. The zero-order valence-electron chi connectivity index (χ0n) is 14.4. The van der Waals surface area contributed by atoms with Crippen molar-refractivity contribution >= 4 is 17.6 Å². The summed E-state index contributed by atoms with van der Waals surface area (Å²) >= 11 is 0. The number of nitro groups is 1. The Morgan fingerprint density at radius 1 is 1.28 bits per heavy atom. The molecule has 0 bridgehead atoms. The first-order chi connectivity index (χ1) is 12.0. The van der Waals surface area contributed by atoms with Crippen LogP contribution in [-0.2, 0) is 0 Å². The minimum Gasteiger partial charge on any atom is -0.493 e. The quantitative estimate of drug-likeness (QED) is 0.440. The van der Waals surface area contributed by atoms with E-state index in [0.29, 0.717) is 17.2 Å². The fraction of sp³-hybridized carbons (Fsp3) is 0.278. The SMILES string of the molecule is CC[C@H](C)Oc1c(/C=N/Nc2ccc([N+](=O)[O-])cc2)cccc1OC. The molecule has 0 unspecified atom stereocenters. The van der Waals surface area contributed by atoms with Crippen LogP contribution in [0.2, 0.25) is 0 Å². The number of rotatable bonds is 8. The van der Waals surface area contributed by atoms with Crippen LogP contribution in [0.4, 0.5) is 11.4 Å². The van der Waals surface area contributed by atoms with Crippen molar-refractivity contribution in [3.63, 3.8) is 0 Å². The minimum atomic E-state index is -0.443. The zero-order chi connectivity index (χ0) is 18.2. The van der Waals surface area contributed by atoms with Crippen molar-refractivity contribution in [1.82, 2.24) is 0 Å². The Kier molecular flexibility index (Phi) is 6.33. The van der Waals surface area contributed by atoms with Gasteiger partial charge in [-0.05, 0) is 37.6 Å². The Morgan fingerprint density at radius 3 is 2.60 bits per heavy atom. The second-order valence-electron chi connectivity index (χ2n) is 5.39. The molecule has 0 aliphatic rings. The maximum Gasteiger partial charge on any atom is 0.269 e. The molecule has 0 amide bonds. The Morgan fingerprint density at radius 2 is 2.00 bits per heavy atom. The van der Waals surface area contributed by atoms with Gasteiger partial charge in [0.05, 0.1) is 30.0 Å². The number of ether oxygens (including phenoxy) is 2. The first-order valence-corrected chi connectivity index (χ1v) is 7.92. The maximum atomic E-state index is 10.7. The topological polar surface area (TPSA) is 86.0 Å². The molecule has 1 N–H and O–H groups in total. The van der Waals surface area contributed by atoms with Crippen LogP contribution in [0, 0.1) is 10.1 Å². The van der Waals surface area contributed by atoms with E-state index >= 15 is 0 Å². The molecule has 2 rings (SSSR count). The van der Waals surface area contributed by atoms with Gasteiger partial charge in [0.2, 0.25) is 0 Å². The van der Waals surface area contributed by atoms with Gasteiger partial charge in [0.1, 0.15) is 0 Å². The number of nitro benzene ring substituents is 1. The number of hydrazone groups is 1. The number of hydrogen-bond donors (Lipinski definition) is 1. The summed E-state index contributed by atoms with van der Waals surface area (Å²) in [6.07, 6.45) is 2.54. The summed E-state index contributed by atoms with van der Waals surface area (Å²) in [5.41, 5.74) is 4.30. The van der Waals surface area contributed by atoms with E-state index in [1.165, 1.54) is 12.1 Å². The van der Waals surface area contributed by atoms with Crippen molar-refractivity contribution in [3.05, 3.63) is 58.1 Å². The highest BCUT2D eigenvalue weighted by molar-refractivity contribution is 5.85. The molecule has 0 aromatic heterocycles. The number of nitrogens with zero attached hydrogens (tertiary/aromatic N) is 2. The van der Waals surface area contributed by atoms with Gasteiger partial charge in [0.15, 0.2) is 11.5 Å². The monoisotopic (exact) mass is 343 g/mol. The van der Waals surface area contributed by atoms with Gasteiger partial charge in [-0.2, -0.15) is 5.10 Å². The molecule has 2 aromatic carbocycles. The average molecular weight is 343 g/mol. The molecule has 2 aromatic rings. The normalized spacial score (nSPS) is 12.0. The van der Waals surface area contributed by atoms with Crippen molar-refractivity contribution in [2.24, 2.45) is 5.10 Å². The van der Waals surface area contributed by atoms with Gasteiger partial charge >= 0.3 is 0 Å². The molecule has 7 heteroatoms. The van der Waals surface area contributed by atoms with Crippen LogP contribution in [0.1, 0.15) is 25.8 Å². The lowest BCUT2D eigenvalue weighted by atomic mass is 10.2. The largest absolute Gasteiger partial charge is 0.493 e. The van der Waals surface area contributed by atoms with E-state index < -0.39 is 4.92 Å². The van der Waals surface area contributed by atoms with Crippen LogP contribution >= 0.6 is 0 Å². The van der Waals surface area contributed by atoms with Crippen molar-refractivity contribution in [3.8, 4) is 11.5 Å². The predicted octanol–water partition coefficient (Wildman–Crippen LogP) is 4.23. The molecule has 0 heterocycles. The number of para-hydroxylation sites is 1. The number of nitrogens with one attached hydrogen (secondary N) is 1. The van der Waals surface area contributed by atoms with E-state index in [-0.39, 0.29) is 11.8 Å². The summed E-state index contributed by atoms with van der Waals surface area (Å²) in [6, 6.07) is 11.6. The first kappa shape index (κ1) is 18.3. The second-order valence-corrected chi connectivity index (χ2v) is 5.39. The Bertz CT molecular complexity index is 744. The lowest BCUT2D eigenvalue weighted by Crippen LogP contribution is -2.12. The van der Waals surface area contributed by atoms with E-state index in [1.54, 1.807) is 25.5 Å². The van der Waals surface area contributed by atoms with Crippen molar-refractivity contribution in [1.29, 1.82) is 0 Å². The third kappa shape index (κ3) is 4.94. The molecule has 0 saturated carbocycles. The number of benzene rings is 2. The zero-order valence-corrected chi connectivity index (χ0v) is 14.4. The standard InChI is InChI=1S/C18H21N3O4/c1-4-13(2)25-18-14(6-5-7-17(18)24-3)12-19-20-15-8-10-16(11-9-15)21(22)23/h5-13,20H,4H2,1-3H3/b19-12+/t13-/m0/s1. The number of non-ortho nitro benzene ring substituents is 1. The molecular weight excluding hydrogens is 322 g/mol. The highest BCUT2D eigenvalue weighted by atomic mass is 16.6. The average Bonchev–Trinajstić information content (AvgIpc) is 2.63. The number of methoxy groups -OCH3 is 1. The summed E-state index contributed by atoms with van der Waals surface area (Å²) in [7, 11) is 1.59. The Labute approximate surface area is 146 Å². The summed E-state index contributed by atoms with van der Waals surface area (Å²) in [4.78, 5) is 10.2. The van der Waals surface area contributed by atoms with E-state index in [2.05, 4.69) is 10.5 Å². The molecule has 7 nitrogen and oxygen atoms in total. The highest BCUT2D eigenvalue weighted by Gasteiger charge is 2.12. The van der Waals surface area contributed by atoms with Gasteiger partial charge in [-0.25, -0.2) is 0 Å². The highest BCUT2D eigenvalue weighted by Crippen LogP contribution is 2.31. The summed E-state index contributed by atoms with van der Waals surface area (Å²) in [5, 5.41) is 14.8. The van der Waals surface area contributed by atoms with Gasteiger partial charge in [-0.15, -0.1) is 0 Å². The van der Waals surface area contributed by atoms with E-state index in [4.69, 9.17) is 9.47 Å². The van der Waals surface area contributed by atoms with E-state index in [9.17, 15) is 10.1 Å². The summed E-state index contributed by atoms with van der Waals surface area (Å²) < 4.78 is 11.3. The van der Waals surface area contributed by atoms with Crippen LogP contribution in [-0.4, -0.2) is 24.4 Å². The van der Waals surface area contributed by atoms with Crippen LogP contribution in [0.25, 0.3) is 0 Å².